The largest absolute Gasteiger partial charge is 0.347 e. The molecule has 0 unspecified atom stereocenters. The minimum absolute atomic E-state index is 0.397. The summed E-state index contributed by atoms with van der Waals surface area (Å²) in [5.41, 5.74) is 2.51. The van der Waals surface area contributed by atoms with E-state index >= 15 is 0 Å². The van der Waals surface area contributed by atoms with Crippen molar-refractivity contribution >= 4 is 17.8 Å². The van der Waals surface area contributed by atoms with Gasteiger partial charge in [-0.15, -0.1) is 0 Å². The Hall–Kier alpha value is -1.63. The van der Waals surface area contributed by atoms with Gasteiger partial charge in [-0.05, 0) is 18.8 Å². The molecule has 1 aliphatic carbocycles. The van der Waals surface area contributed by atoms with Crippen molar-refractivity contribution < 1.29 is 0 Å². The smallest absolute Gasteiger partial charge is 0.243 e. The number of hydrogen-bond acceptors (Lipinski definition) is 7. The van der Waals surface area contributed by atoms with Crippen LogP contribution in [0.1, 0.15) is 32.1 Å². The van der Waals surface area contributed by atoms with Crippen molar-refractivity contribution in [2.75, 3.05) is 42.9 Å². The molecule has 1 aliphatic rings. The number of nitrogen functional groups attached to an aromatic ring is 1. The number of hydrazine groups is 1. The average molecular weight is 279 g/mol. The molecule has 7 heteroatoms. The first-order chi connectivity index (χ1) is 9.60. The monoisotopic (exact) mass is 279 g/mol. The standard InChI is InChI=1S/C13H25N7/c1-19(2)12-15-11(18-14)16-13(17-12)20(3)9-10-7-5-4-6-8-10/h10H,4-9,14H2,1-3H3,(H,15,16,17,18). The van der Waals surface area contributed by atoms with Crippen LogP contribution in [0.2, 0.25) is 0 Å². The van der Waals surface area contributed by atoms with E-state index in [4.69, 9.17) is 5.84 Å². The number of nitrogens with two attached hydrogens (primary N) is 1. The molecule has 20 heavy (non-hydrogen) atoms. The van der Waals surface area contributed by atoms with E-state index in [1.807, 2.05) is 26.0 Å². The van der Waals surface area contributed by atoms with Crippen LogP contribution >= 0.6 is 0 Å². The third kappa shape index (κ3) is 3.69. The highest BCUT2D eigenvalue weighted by Gasteiger charge is 2.18. The van der Waals surface area contributed by atoms with Crippen LogP contribution in [0.4, 0.5) is 17.8 Å². The zero-order valence-electron chi connectivity index (χ0n) is 12.6. The van der Waals surface area contributed by atoms with Gasteiger partial charge in [0.15, 0.2) is 0 Å². The fraction of sp³-hybridized carbons (Fsp3) is 0.769. The van der Waals surface area contributed by atoms with Crippen LogP contribution in [-0.2, 0) is 0 Å². The molecule has 7 nitrogen and oxygen atoms in total. The van der Waals surface area contributed by atoms with Gasteiger partial charge in [-0.3, -0.25) is 5.43 Å². The van der Waals surface area contributed by atoms with Gasteiger partial charge in [0.1, 0.15) is 0 Å². The van der Waals surface area contributed by atoms with Crippen LogP contribution in [-0.4, -0.2) is 42.6 Å². The summed E-state index contributed by atoms with van der Waals surface area (Å²) in [5, 5.41) is 0. The summed E-state index contributed by atoms with van der Waals surface area (Å²) >= 11 is 0. The first-order valence-electron chi connectivity index (χ1n) is 7.21. The SMILES string of the molecule is CN(C)c1nc(NN)nc(N(C)CC2CCCCC2)n1. The minimum Gasteiger partial charge on any atom is -0.347 e. The van der Waals surface area contributed by atoms with Gasteiger partial charge in [-0.2, -0.15) is 15.0 Å². The molecule has 1 aromatic rings. The van der Waals surface area contributed by atoms with Gasteiger partial charge in [0.2, 0.25) is 17.8 Å². The van der Waals surface area contributed by atoms with Crippen molar-refractivity contribution in [3.05, 3.63) is 0 Å². The molecular weight excluding hydrogens is 254 g/mol. The second-order valence-corrected chi connectivity index (χ2v) is 5.68. The second kappa shape index (κ2) is 6.69. The molecule has 1 saturated carbocycles. The number of nitrogens with one attached hydrogen (secondary N) is 1. The summed E-state index contributed by atoms with van der Waals surface area (Å²) in [5.74, 6) is 7.85. The van der Waals surface area contributed by atoms with E-state index in [9.17, 15) is 0 Å². The molecular formula is C13H25N7. The third-order valence-electron chi connectivity index (χ3n) is 3.74. The van der Waals surface area contributed by atoms with E-state index in [1.165, 1.54) is 32.1 Å². The number of anilines is 3. The quantitative estimate of drug-likeness (QED) is 0.619. The summed E-state index contributed by atoms with van der Waals surface area (Å²) in [4.78, 5) is 17.0. The molecule has 0 atom stereocenters. The lowest BCUT2D eigenvalue weighted by Crippen LogP contribution is -2.29. The number of nitrogens with zero attached hydrogens (tertiary/aromatic N) is 5. The minimum atomic E-state index is 0.397. The third-order valence-corrected chi connectivity index (χ3v) is 3.74. The maximum Gasteiger partial charge on any atom is 0.243 e. The maximum atomic E-state index is 5.43. The molecule has 0 bridgehead atoms. The molecule has 0 spiro atoms. The molecule has 0 amide bonds. The van der Waals surface area contributed by atoms with Crippen molar-refractivity contribution in [1.29, 1.82) is 0 Å². The Morgan fingerprint density at radius 1 is 1.05 bits per heavy atom. The molecule has 3 N–H and O–H groups in total. The zero-order chi connectivity index (χ0) is 14.5. The van der Waals surface area contributed by atoms with E-state index in [-0.39, 0.29) is 0 Å². The Morgan fingerprint density at radius 2 is 1.70 bits per heavy atom. The molecule has 0 radical (unpaired) electrons. The van der Waals surface area contributed by atoms with Crippen LogP contribution in [0.5, 0.6) is 0 Å². The first-order valence-corrected chi connectivity index (χ1v) is 7.21. The normalized spacial score (nSPS) is 16.0. The highest BCUT2D eigenvalue weighted by molar-refractivity contribution is 5.43. The van der Waals surface area contributed by atoms with E-state index in [1.54, 1.807) is 0 Å². The van der Waals surface area contributed by atoms with Crippen molar-refractivity contribution in [2.24, 2.45) is 11.8 Å². The predicted octanol–water partition coefficient (Wildman–Crippen LogP) is 1.24. The van der Waals surface area contributed by atoms with Gasteiger partial charge in [0.05, 0.1) is 0 Å². The number of rotatable bonds is 5. The predicted molar refractivity (Wildman–Crippen MR) is 81.8 cm³/mol. The van der Waals surface area contributed by atoms with Gasteiger partial charge in [0.25, 0.3) is 0 Å². The lowest BCUT2D eigenvalue weighted by atomic mass is 9.89. The zero-order valence-corrected chi connectivity index (χ0v) is 12.6. The molecule has 2 rings (SSSR count). The highest BCUT2D eigenvalue weighted by Crippen LogP contribution is 2.25. The molecule has 0 aliphatic heterocycles. The summed E-state index contributed by atoms with van der Waals surface area (Å²) in [6, 6.07) is 0. The van der Waals surface area contributed by atoms with Crippen molar-refractivity contribution in [1.82, 2.24) is 15.0 Å². The van der Waals surface area contributed by atoms with Gasteiger partial charge < -0.3 is 9.80 Å². The van der Waals surface area contributed by atoms with Gasteiger partial charge >= 0.3 is 0 Å². The molecule has 1 aromatic heterocycles. The number of aromatic nitrogens is 3. The molecule has 1 fully saturated rings. The van der Waals surface area contributed by atoms with Crippen molar-refractivity contribution in [3.63, 3.8) is 0 Å². The Bertz CT molecular complexity index is 429. The van der Waals surface area contributed by atoms with E-state index in [0.717, 1.165) is 12.5 Å². The van der Waals surface area contributed by atoms with Crippen LogP contribution in [0.25, 0.3) is 0 Å². The topological polar surface area (TPSA) is 83.2 Å². The Balaban J connectivity index is 2.11. The Kier molecular flexibility index (Phi) is 4.94. The van der Waals surface area contributed by atoms with E-state index < -0.39 is 0 Å². The van der Waals surface area contributed by atoms with Gasteiger partial charge in [-0.1, -0.05) is 19.3 Å². The van der Waals surface area contributed by atoms with Crippen molar-refractivity contribution in [3.8, 4) is 0 Å². The van der Waals surface area contributed by atoms with Gasteiger partial charge in [-0.25, -0.2) is 5.84 Å². The molecule has 0 saturated heterocycles. The lowest BCUT2D eigenvalue weighted by Gasteiger charge is -2.27. The number of hydrogen-bond donors (Lipinski definition) is 2. The summed E-state index contributed by atoms with van der Waals surface area (Å²) in [6.07, 6.45) is 6.66. The summed E-state index contributed by atoms with van der Waals surface area (Å²) < 4.78 is 0. The maximum absolute atomic E-state index is 5.43. The van der Waals surface area contributed by atoms with Crippen LogP contribution in [0.15, 0.2) is 0 Å². The lowest BCUT2D eigenvalue weighted by molar-refractivity contribution is 0.361. The molecule has 0 aromatic carbocycles. The first kappa shape index (κ1) is 14.8. The second-order valence-electron chi connectivity index (χ2n) is 5.68. The fourth-order valence-corrected chi connectivity index (χ4v) is 2.63. The Labute approximate surface area is 120 Å². The summed E-state index contributed by atoms with van der Waals surface area (Å²) in [6.45, 7) is 0.987. The average Bonchev–Trinajstić information content (AvgIpc) is 2.47. The van der Waals surface area contributed by atoms with Crippen LogP contribution in [0.3, 0.4) is 0 Å². The summed E-state index contributed by atoms with van der Waals surface area (Å²) in [7, 11) is 5.84. The van der Waals surface area contributed by atoms with Crippen LogP contribution in [0, 0.1) is 5.92 Å². The van der Waals surface area contributed by atoms with Gasteiger partial charge in [0, 0.05) is 27.7 Å². The Morgan fingerprint density at radius 3 is 2.30 bits per heavy atom. The van der Waals surface area contributed by atoms with E-state index in [0.29, 0.717) is 17.8 Å². The fourth-order valence-electron chi connectivity index (χ4n) is 2.63. The van der Waals surface area contributed by atoms with E-state index in [2.05, 4.69) is 25.3 Å². The molecule has 112 valence electrons. The molecule has 1 heterocycles. The van der Waals surface area contributed by atoms with Crippen molar-refractivity contribution in [2.45, 2.75) is 32.1 Å². The van der Waals surface area contributed by atoms with Crippen LogP contribution < -0.4 is 21.1 Å². The highest BCUT2D eigenvalue weighted by atomic mass is 15.4.